The van der Waals surface area contributed by atoms with Crippen molar-refractivity contribution < 1.29 is 24.5 Å². The number of carbonyl (C=O) groups is 2. The van der Waals surface area contributed by atoms with E-state index in [4.69, 9.17) is 9.84 Å². The molecule has 0 aliphatic carbocycles. The van der Waals surface area contributed by atoms with E-state index < -0.39 is 24.1 Å². The van der Waals surface area contributed by atoms with E-state index in [-0.39, 0.29) is 15.0 Å². The Morgan fingerprint density at radius 2 is 1.94 bits per heavy atom. The number of aliphatic hydroxyl groups excluding tert-OH is 1. The molecule has 0 bridgehead atoms. The van der Waals surface area contributed by atoms with Crippen molar-refractivity contribution >= 4 is 41.9 Å². The van der Waals surface area contributed by atoms with Crippen molar-refractivity contribution in [2.24, 2.45) is 0 Å². The van der Waals surface area contributed by atoms with E-state index >= 15 is 0 Å². The van der Waals surface area contributed by atoms with Gasteiger partial charge in [-0.2, -0.15) is 0 Å². The first-order valence-electron chi connectivity index (χ1n) is 4.62. The number of carboxylic acids is 1. The Morgan fingerprint density at radius 1 is 1.31 bits per heavy atom. The van der Waals surface area contributed by atoms with Crippen molar-refractivity contribution in [1.29, 1.82) is 0 Å². The van der Waals surface area contributed by atoms with Crippen molar-refractivity contribution in [3.8, 4) is 0 Å². The van der Waals surface area contributed by atoms with Crippen LogP contribution in [0.3, 0.4) is 0 Å². The number of ether oxygens (including phenoxy) is 1. The summed E-state index contributed by atoms with van der Waals surface area (Å²) >= 11 is 0.509. The average Bonchev–Trinajstić information content (AvgIpc) is 2.23. The van der Waals surface area contributed by atoms with Gasteiger partial charge in [-0.3, -0.25) is 0 Å². The van der Waals surface area contributed by atoms with Crippen molar-refractivity contribution in [3.05, 3.63) is 0 Å². The normalized spacial score (nSPS) is 14.2. The molecule has 0 aromatic heterocycles. The molecule has 0 fully saturated rings. The molecule has 0 saturated carbocycles. The predicted octanol–water partition coefficient (Wildman–Crippen LogP) is 0.0750. The van der Waals surface area contributed by atoms with Crippen LogP contribution >= 0.6 is 0 Å². The summed E-state index contributed by atoms with van der Waals surface area (Å²) in [5, 5.41) is 19.2. The summed E-state index contributed by atoms with van der Waals surface area (Å²) in [6.07, 6.45) is -1.98. The molecule has 0 radical (unpaired) electrons. The molecule has 0 aromatic rings. The van der Waals surface area contributed by atoms with E-state index in [1.807, 2.05) is 11.6 Å². The number of rotatable bonds is 8. The maximum atomic E-state index is 11.3. The van der Waals surface area contributed by atoms with Crippen LogP contribution in [0.1, 0.15) is 6.42 Å². The Balaban J connectivity index is 4.17. The second-order valence-corrected chi connectivity index (χ2v) is 6.99. The topological polar surface area (TPSA) is 83.8 Å². The molecule has 0 saturated heterocycles. The second kappa shape index (κ2) is 9.02. The van der Waals surface area contributed by atoms with Crippen LogP contribution in [0.2, 0.25) is 22.3 Å². The van der Waals surface area contributed by atoms with Gasteiger partial charge in [-0.1, -0.05) is 0 Å². The number of hydrogen-bond acceptors (Lipinski definition) is 4. The number of carbonyl (C=O) groups excluding carboxylic acids is 1. The van der Waals surface area contributed by atoms with Gasteiger partial charge in [0.2, 0.25) is 0 Å². The van der Waals surface area contributed by atoms with Gasteiger partial charge in [0.05, 0.1) is 0 Å². The Kier molecular flexibility index (Phi) is 8.99. The molecule has 0 aliphatic rings. The number of carboxylic acid groups (broad SMARTS) is 1. The van der Waals surface area contributed by atoms with Crippen LogP contribution in [-0.4, -0.2) is 64.3 Å². The standard InChI is InChI=1S/C9H16O5Se2/c1-15-4-3-7(8(11)12)14-9(13)6(10)5-16-2/h6-7,10H,3-5H2,1-2H3,(H,11,12). The van der Waals surface area contributed by atoms with E-state index in [1.54, 1.807) is 0 Å². The SMILES string of the molecule is C[Se]CCC(OC(=O)C(O)C[Se]C)C(=O)O. The summed E-state index contributed by atoms with van der Waals surface area (Å²) in [4.78, 5) is 22.1. The number of aliphatic carboxylic acids is 1. The van der Waals surface area contributed by atoms with Gasteiger partial charge in [0.1, 0.15) is 0 Å². The molecule has 0 spiro atoms. The number of esters is 1. The third kappa shape index (κ3) is 6.51. The van der Waals surface area contributed by atoms with Gasteiger partial charge < -0.3 is 0 Å². The third-order valence-corrected chi connectivity index (χ3v) is 4.43. The van der Waals surface area contributed by atoms with Gasteiger partial charge in [0.15, 0.2) is 0 Å². The zero-order valence-electron chi connectivity index (χ0n) is 9.21. The number of hydrogen-bond donors (Lipinski definition) is 2. The summed E-state index contributed by atoms with van der Waals surface area (Å²) in [5.41, 5.74) is 0. The summed E-state index contributed by atoms with van der Waals surface area (Å²) < 4.78 is 4.76. The molecule has 2 N–H and O–H groups in total. The molecule has 94 valence electrons. The first kappa shape index (κ1) is 15.9. The molecule has 16 heavy (non-hydrogen) atoms. The fraction of sp³-hybridized carbons (Fsp3) is 0.778. The van der Waals surface area contributed by atoms with E-state index in [2.05, 4.69) is 0 Å². The van der Waals surface area contributed by atoms with E-state index in [0.29, 0.717) is 26.7 Å². The zero-order valence-corrected chi connectivity index (χ0v) is 12.6. The van der Waals surface area contributed by atoms with Crippen LogP contribution in [0.25, 0.3) is 0 Å². The van der Waals surface area contributed by atoms with Crippen LogP contribution in [-0.2, 0) is 14.3 Å². The first-order valence-corrected chi connectivity index (χ1v) is 10.5. The molecular formula is C9H16O5Se2. The van der Waals surface area contributed by atoms with Crippen LogP contribution in [0.4, 0.5) is 0 Å². The Hall–Kier alpha value is -0.0610. The average molecular weight is 362 g/mol. The fourth-order valence-electron chi connectivity index (χ4n) is 0.902. The zero-order chi connectivity index (χ0) is 12.6. The molecule has 0 aromatic carbocycles. The second-order valence-electron chi connectivity index (χ2n) is 3.02. The first-order chi connectivity index (χ1) is 7.52. The summed E-state index contributed by atoms with van der Waals surface area (Å²) in [5.74, 6) is 1.91. The molecule has 0 aliphatic heterocycles. The molecule has 0 heterocycles. The maximum absolute atomic E-state index is 11.3. The van der Waals surface area contributed by atoms with Crippen LogP contribution < -0.4 is 0 Å². The monoisotopic (exact) mass is 364 g/mol. The molecule has 0 rings (SSSR count). The van der Waals surface area contributed by atoms with Crippen molar-refractivity contribution in [3.63, 3.8) is 0 Å². The minimum atomic E-state index is -1.18. The van der Waals surface area contributed by atoms with E-state index in [1.165, 1.54) is 0 Å². The molecule has 5 nitrogen and oxygen atoms in total. The van der Waals surface area contributed by atoms with E-state index in [9.17, 15) is 14.7 Å². The molecule has 2 unspecified atom stereocenters. The van der Waals surface area contributed by atoms with Gasteiger partial charge >= 0.3 is 107 Å². The molecule has 7 heteroatoms. The van der Waals surface area contributed by atoms with Gasteiger partial charge in [0.25, 0.3) is 0 Å². The minimum absolute atomic E-state index is 0.156. The molecule has 2 atom stereocenters. The van der Waals surface area contributed by atoms with Gasteiger partial charge in [-0.05, 0) is 0 Å². The number of aliphatic hydroxyl groups is 1. The van der Waals surface area contributed by atoms with Crippen molar-refractivity contribution in [2.75, 3.05) is 0 Å². The van der Waals surface area contributed by atoms with Crippen molar-refractivity contribution in [1.82, 2.24) is 0 Å². The fourth-order valence-corrected chi connectivity index (χ4v) is 2.79. The summed E-state index contributed by atoms with van der Waals surface area (Å²) in [6, 6.07) is 0. The van der Waals surface area contributed by atoms with Gasteiger partial charge in [-0.15, -0.1) is 0 Å². The van der Waals surface area contributed by atoms with Gasteiger partial charge in [-0.25, -0.2) is 0 Å². The molecule has 0 amide bonds. The van der Waals surface area contributed by atoms with Crippen LogP contribution in [0.5, 0.6) is 0 Å². The summed E-state index contributed by atoms with van der Waals surface area (Å²) in [7, 11) is 0. The van der Waals surface area contributed by atoms with E-state index in [0.717, 1.165) is 5.32 Å². The Labute approximate surface area is 107 Å². The Bertz CT molecular complexity index is 234. The van der Waals surface area contributed by atoms with Crippen LogP contribution in [0.15, 0.2) is 0 Å². The summed E-state index contributed by atoms with van der Waals surface area (Å²) in [6.45, 7) is 0. The quantitative estimate of drug-likeness (QED) is 0.472. The Morgan fingerprint density at radius 3 is 2.38 bits per heavy atom. The predicted molar refractivity (Wildman–Crippen MR) is 61.0 cm³/mol. The van der Waals surface area contributed by atoms with Crippen LogP contribution in [0, 0.1) is 0 Å². The van der Waals surface area contributed by atoms with Crippen molar-refractivity contribution in [2.45, 2.75) is 40.9 Å². The van der Waals surface area contributed by atoms with Gasteiger partial charge in [0, 0.05) is 0 Å². The molecular weight excluding hydrogens is 346 g/mol. The third-order valence-electron chi connectivity index (χ3n) is 1.71.